The molecule has 0 aliphatic carbocycles. The fourth-order valence-electron chi connectivity index (χ4n) is 1.24. The number of amides is 2. The molecule has 0 radical (unpaired) electrons. The average molecular weight is 275 g/mol. The standard InChI is InChI=1S/C11H21N3O5/c1-13(2)6-7-14(3)11(19)12-8(10(17)18)4-5-9(15)16/h8H,4-7H2,1-3H3,(H,12,19)(H,15,16)(H,17,18). The molecule has 8 heteroatoms. The van der Waals surface area contributed by atoms with E-state index in [2.05, 4.69) is 5.32 Å². The van der Waals surface area contributed by atoms with E-state index in [1.807, 2.05) is 19.0 Å². The van der Waals surface area contributed by atoms with Gasteiger partial charge in [-0.1, -0.05) is 0 Å². The highest BCUT2D eigenvalue weighted by molar-refractivity contribution is 5.82. The summed E-state index contributed by atoms with van der Waals surface area (Å²) in [5.74, 6) is -2.34. The minimum absolute atomic E-state index is 0.141. The number of urea groups is 1. The summed E-state index contributed by atoms with van der Waals surface area (Å²) >= 11 is 0. The molecule has 3 N–H and O–H groups in total. The lowest BCUT2D eigenvalue weighted by molar-refractivity contribution is -0.140. The van der Waals surface area contributed by atoms with Crippen molar-refractivity contribution in [3.63, 3.8) is 0 Å². The van der Waals surface area contributed by atoms with E-state index in [0.717, 1.165) is 0 Å². The van der Waals surface area contributed by atoms with E-state index in [1.54, 1.807) is 7.05 Å². The van der Waals surface area contributed by atoms with Crippen LogP contribution in [0.4, 0.5) is 4.79 Å². The van der Waals surface area contributed by atoms with E-state index in [0.29, 0.717) is 13.1 Å². The molecular weight excluding hydrogens is 254 g/mol. The first-order chi connectivity index (χ1) is 8.73. The number of likely N-dealkylation sites (N-methyl/N-ethyl adjacent to an activating group) is 2. The van der Waals surface area contributed by atoms with Crippen molar-refractivity contribution in [3.8, 4) is 0 Å². The molecule has 0 spiro atoms. The number of hydrogen-bond donors (Lipinski definition) is 3. The summed E-state index contributed by atoms with van der Waals surface area (Å²) in [6.07, 6.45) is -0.448. The van der Waals surface area contributed by atoms with Gasteiger partial charge in [0.2, 0.25) is 0 Å². The Morgan fingerprint density at radius 1 is 1.11 bits per heavy atom. The minimum atomic E-state index is -1.24. The molecule has 0 aromatic rings. The number of carboxylic acid groups (broad SMARTS) is 2. The van der Waals surface area contributed by atoms with Gasteiger partial charge in [-0.05, 0) is 20.5 Å². The lowest BCUT2D eigenvalue weighted by Crippen LogP contribution is -2.48. The minimum Gasteiger partial charge on any atom is -0.481 e. The Morgan fingerprint density at radius 3 is 2.11 bits per heavy atom. The highest BCUT2D eigenvalue weighted by atomic mass is 16.4. The molecule has 0 aliphatic rings. The van der Waals surface area contributed by atoms with Gasteiger partial charge in [0.1, 0.15) is 6.04 Å². The van der Waals surface area contributed by atoms with Gasteiger partial charge in [-0.25, -0.2) is 9.59 Å². The summed E-state index contributed by atoms with van der Waals surface area (Å²) in [6.45, 7) is 1.10. The fourth-order valence-corrected chi connectivity index (χ4v) is 1.24. The maximum Gasteiger partial charge on any atom is 0.326 e. The van der Waals surface area contributed by atoms with E-state index in [4.69, 9.17) is 10.2 Å². The summed E-state index contributed by atoms with van der Waals surface area (Å²) in [6, 6.07) is -1.72. The highest BCUT2D eigenvalue weighted by Gasteiger charge is 2.22. The fraction of sp³-hybridized carbons (Fsp3) is 0.727. The molecule has 0 heterocycles. The SMILES string of the molecule is CN(C)CCN(C)C(=O)NC(CCC(=O)O)C(=O)O. The number of carboxylic acids is 2. The third-order valence-electron chi connectivity index (χ3n) is 2.47. The van der Waals surface area contributed by atoms with E-state index in [9.17, 15) is 14.4 Å². The van der Waals surface area contributed by atoms with Gasteiger partial charge < -0.3 is 25.3 Å². The van der Waals surface area contributed by atoms with Gasteiger partial charge in [-0.3, -0.25) is 4.79 Å². The number of hydrogen-bond acceptors (Lipinski definition) is 4. The molecule has 0 saturated heterocycles. The van der Waals surface area contributed by atoms with Crippen LogP contribution < -0.4 is 5.32 Å². The Bertz CT molecular complexity index is 332. The molecule has 2 amide bonds. The molecule has 0 aliphatic heterocycles. The first-order valence-electron chi connectivity index (χ1n) is 5.85. The van der Waals surface area contributed by atoms with Gasteiger partial charge >= 0.3 is 18.0 Å². The molecule has 0 saturated carbocycles. The van der Waals surface area contributed by atoms with Crippen LogP contribution in [0.25, 0.3) is 0 Å². The van der Waals surface area contributed by atoms with Gasteiger partial charge in [-0.2, -0.15) is 0 Å². The molecule has 1 atom stereocenters. The van der Waals surface area contributed by atoms with E-state index >= 15 is 0 Å². The first-order valence-corrected chi connectivity index (χ1v) is 5.85. The van der Waals surface area contributed by atoms with Crippen molar-refractivity contribution in [3.05, 3.63) is 0 Å². The van der Waals surface area contributed by atoms with Crippen LogP contribution in [0.5, 0.6) is 0 Å². The van der Waals surface area contributed by atoms with Crippen LogP contribution in [0.1, 0.15) is 12.8 Å². The Hall–Kier alpha value is -1.83. The smallest absolute Gasteiger partial charge is 0.326 e. The molecule has 0 aromatic heterocycles. The quantitative estimate of drug-likeness (QED) is 0.551. The normalized spacial score (nSPS) is 12.0. The molecule has 0 rings (SSSR count). The Kier molecular flexibility index (Phi) is 7.50. The van der Waals surface area contributed by atoms with E-state index in [1.165, 1.54) is 4.90 Å². The number of carbonyl (C=O) groups excluding carboxylic acids is 1. The zero-order valence-corrected chi connectivity index (χ0v) is 11.4. The Balaban J connectivity index is 4.29. The Labute approximate surface area is 112 Å². The topological polar surface area (TPSA) is 110 Å². The van der Waals surface area contributed by atoms with Gasteiger partial charge in [-0.15, -0.1) is 0 Å². The largest absolute Gasteiger partial charge is 0.481 e. The van der Waals surface area contributed by atoms with Crippen LogP contribution in [0.2, 0.25) is 0 Å². The molecule has 110 valence electrons. The second-order valence-corrected chi connectivity index (χ2v) is 4.50. The second-order valence-electron chi connectivity index (χ2n) is 4.50. The zero-order valence-electron chi connectivity index (χ0n) is 11.4. The molecule has 0 aromatic carbocycles. The van der Waals surface area contributed by atoms with E-state index < -0.39 is 24.0 Å². The van der Waals surface area contributed by atoms with Gasteiger partial charge in [0.25, 0.3) is 0 Å². The van der Waals surface area contributed by atoms with Gasteiger partial charge in [0.05, 0.1) is 0 Å². The highest BCUT2D eigenvalue weighted by Crippen LogP contribution is 1.99. The van der Waals surface area contributed by atoms with Crippen LogP contribution in [0.3, 0.4) is 0 Å². The van der Waals surface area contributed by atoms with Crippen molar-refractivity contribution < 1.29 is 24.6 Å². The van der Waals surface area contributed by atoms with Crippen molar-refractivity contribution in [1.29, 1.82) is 0 Å². The third-order valence-corrected chi connectivity index (χ3v) is 2.47. The van der Waals surface area contributed by atoms with Crippen LogP contribution in [0, 0.1) is 0 Å². The van der Waals surface area contributed by atoms with Crippen molar-refractivity contribution in [2.24, 2.45) is 0 Å². The van der Waals surface area contributed by atoms with Crippen molar-refractivity contribution >= 4 is 18.0 Å². The predicted octanol–water partition coefficient (Wildman–Crippen LogP) is -0.493. The lowest BCUT2D eigenvalue weighted by atomic mass is 10.1. The Morgan fingerprint density at radius 2 is 1.68 bits per heavy atom. The maximum atomic E-state index is 11.7. The van der Waals surface area contributed by atoms with E-state index in [-0.39, 0.29) is 12.8 Å². The number of rotatable bonds is 8. The summed E-state index contributed by atoms with van der Waals surface area (Å²) in [5.41, 5.74) is 0. The molecule has 8 nitrogen and oxygen atoms in total. The molecule has 0 fully saturated rings. The predicted molar refractivity (Wildman–Crippen MR) is 68.0 cm³/mol. The maximum absolute atomic E-state index is 11.7. The van der Waals surface area contributed by atoms with Crippen molar-refractivity contribution in [2.75, 3.05) is 34.2 Å². The summed E-state index contributed by atoms with van der Waals surface area (Å²) in [7, 11) is 5.27. The average Bonchev–Trinajstić information content (AvgIpc) is 2.30. The number of nitrogens with zero attached hydrogens (tertiary/aromatic N) is 2. The van der Waals surface area contributed by atoms with Crippen molar-refractivity contribution in [1.82, 2.24) is 15.1 Å². The van der Waals surface area contributed by atoms with Crippen LogP contribution in [0.15, 0.2) is 0 Å². The van der Waals surface area contributed by atoms with Gasteiger partial charge in [0.15, 0.2) is 0 Å². The second kappa shape index (κ2) is 8.30. The van der Waals surface area contributed by atoms with Gasteiger partial charge in [0, 0.05) is 26.6 Å². The summed E-state index contributed by atoms with van der Waals surface area (Å²) in [5, 5.41) is 19.7. The van der Waals surface area contributed by atoms with Crippen LogP contribution >= 0.6 is 0 Å². The third kappa shape index (κ3) is 7.98. The monoisotopic (exact) mass is 275 g/mol. The van der Waals surface area contributed by atoms with Crippen molar-refractivity contribution in [2.45, 2.75) is 18.9 Å². The molecule has 1 unspecified atom stereocenters. The zero-order chi connectivity index (χ0) is 15.0. The summed E-state index contributed by atoms with van der Waals surface area (Å²) < 4.78 is 0. The number of aliphatic carboxylic acids is 2. The lowest BCUT2D eigenvalue weighted by Gasteiger charge is -2.22. The number of carbonyl (C=O) groups is 3. The first kappa shape index (κ1) is 17.2. The van der Waals surface area contributed by atoms with Crippen LogP contribution in [-0.2, 0) is 9.59 Å². The van der Waals surface area contributed by atoms with Crippen LogP contribution in [-0.4, -0.2) is 78.3 Å². The number of nitrogens with one attached hydrogen (secondary N) is 1. The molecule has 19 heavy (non-hydrogen) atoms. The summed E-state index contributed by atoms with van der Waals surface area (Å²) in [4.78, 5) is 36.3. The molecular formula is C11H21N3O5. The molecule has 0 bridgehead atoms.